The number of hydrogen-bond donors (Lipinski definition) is 1. The average Bonchev–Trinajstić information content (AvgIpc) is 3.43. The van der Waals surface area contributed by atoms with Crippen LogP contribution in [0.5, 0.6) is 0 Å². The number of carbonyl (C=O) groups is 1. The zero-order valence-corrected chi connectivity index (χ0v) is 16.6. The molecule has 1 amide bonds. The van der Waals surface area contributed by atoms with E-state index in [1.807, 2.05) is 31.2 Å². The van der Waals surface area contributed by atoms with E-state index in [1.54, 1.807) is 0 Å². The van der Waals surface area contributed by atoms with E-state index in [0.29, 0.717) is 17.0 Å². The Bertz CT molecular complexity index is 1270. The highest BCUT2D eigenvalue weighted by molar-refractivity contribution is 7.22. The van der Waals surface area contributed by atoms with Crippen molar-refractivity contribution in [1.82, 2.24) is 24.1 Å². The van der Waals surface area contributed by atoms with Crippen molar-refractivity contribution in [2.75, 3.05) is 23.3 Å². The van der Waals surface area contributed by atoms with Gasteiger partial charge in [-0.1, -0.05) is 29.0 Å². The standard InChI is InChI=1S/C19H19N7O2S/c1-12-4-6-13(7-5-12)21-14(27)10-26-19(28)25-11-20-16-15(17(25)23-26)29-18(22-16)24-8-2-3-9-24/h4-7,11H,2-3,8-10H2,1H3,(H,21,27). The Hall–Kier alpha value is -3.27. The van der Waals surface area contributed by atoms with E-state index in [-0.39, 0.29) is 12.5 Å². The van der Waals surface area contributed by atoms with Crippen molar-refractivity contribution in [3.05, 3.63) is 46.6 Å². The summed E-state index contributed by atoms with van der Waals surface area (Å²) in [6.45, 7) is 3.77. The largest absolute Gasteiger partial charge is 0.352 e. The molecule has 0 bridgehead atoms. The Morgan fingerprint density at radius 3 is 2.72 bits per heavy atom. The van der Waals surface area contributed by atoms with Crippen LogP contribution in [0.3, 0.4) is 0 Å². The van der Waals surface area contributed by atoms with Gasteiger partial charge in [-0.15, -0.1) is 5.10 Å². The van der Waals surface area contributed by atoms with E-state index in [0.717, 1.165) is 46.0 Å². The second-order valence-corrected chi connectivity index (χ2v) is 8.11. The number of anilines is 2. The van der Waals surface area contributed by atoms with Gasteiger partial charge in [0.2, 0.25) is 5.91 Å². The lowest BCUT2D eigenvalue weighted by Crippen LogP contribution is -2.28. The minimum atomic E-state index is -0.399. The number of benzene rings is 1. The van der Waals surface area contributed by atoms with Crippen LogP contribution in [0.25, 0.3) is 16.0 Å². The molecule has 5 rings (SSSR count). The van der Waals surface area contributed by atoms with Gasteiger partial charge in [-0.05, 0) is 31.9 Å². The zero-order valence-electron chi connectivity index (χ0n) is 15.8. The van der Waals surface area contributed by atoms with Gasteiger partial charge in [0.15, 0.2) is 16.4 Å². The van der Waals surface area contributed by atoms with Crippen LogP contribution in [0, 0.1) is 6.92 Å². The van der Waals surface area contributed by atoms with E-state index in [1.165, 1.54) is 22.1 Å². The van der Waals surface area contributed by atoms with Crippen molar-refractivity contribution in [2.24, 2.45) is 0 Å². The maximum Gasteiger partial charge on any atom is 0.352 e. The van der Waals surface area contributed by atoms with Crippen molar-refractivity contribution < 1.29 is 4.79 Å². The van der Waals surface area contributed by atoms with Gasteiger partial charge in [-0.2, -0.15) is 4.98 Å². The maximum absolute atomic E-state index is 12.7. The number of hydrogen-bond acceptors (Lipinski definition) is 7. The second-order valence-electron chi connectivity index (χ2n) is 7.14. The van der Waals surface area contributed by atoms with Gasteiger partial charge in [0, 0.05) is 18.8 Å². The molecule has 9 nitrogen and oxygen atoms in total. The molecule has 0 unspecified atom stereocenters. The Labute approximate surface area is 169 Å². The van der Waals surface area contributed by atoms with E-state index in [9.17, 15) is 9.59 Å². The molecule has 0 radical (unpaired) electrons. The number of aryl methyl sites for hydroxylation is 1. The first-order chi connectivity index (χ1) is 14.1. The molecule has 0 aliphatic carbocycles. The summed E-state index contributed by atoms with van der Waals surface area (Å²) in [5.74, 6) is -0.314. The summed E-state index contributed by atoms with van der Waals surface area (Å²) in [4.78, 5) is 36.2. The molecule has 1 fully saturated rings. The molecule has 3 aromatic heterocycles. The lowest BCUT2D eigenvalue weighted by atomic mass is 10.2. The third-order valence-electron chi connectivity index (χ3n) is 4.97. The normalized spacial score (nSPS) is 14.2. The fourth-order valence-electron chi connectivity index (χ4n) is 3.45. The molecule has 1 aliphatic rings. The van der Waals surface area contributed by atoms with Gasteiger partial charge < -0.3 is 10.2 Å². The molecule has 1 aromatic carbocycles. The number of fused-ring (bicyclic) bond motifs is 3. The number of amides is 1. The van der Waals surface area contributed by atoms with Gasteiger partial charge in [0.05, 0.1) is 0 Å². The minimum absolute atomic E-state index is 0.173. The molecule has 1 aliphatic heterocycles. The molecular weight excluding hydrogens is 390 g/mol. The molecule has 0 spiro atoms. The van der Waals surface area contributed by atoms with Crippen LogP contribution in [-0.2, 0) is 11.3 Å². The van der Waals surface area contributed by atoms with Gasteiger partial charge in [-0.3, -0.25) is 4.79 Å². The van der Waals surface area contributed by atoms with Gasteiger partial charge in [0.1, 0.15) is 17.6 Å². The van der Waals surface area contributed by atoms with Crippen LogP contribution < -0.4 is 15.9 Å². The van der Waals surface area contributed by atoms with Crippen LogP contribution >= 0.6 is 11.3 Å². The third kappa shape index (κ3) is 3.25. The number of carbonyl (C=O) groups excluding carboxylic acids is 1. The summed E-state index contributed by atoms with van der Waals surface area (Å²) >= 11 is 1.49. The van der Waals surface area contributed by atoms with Crippen molar-refractivity contribution in [2.45, 2.75) is 26.3 Å². The highest BCUT2D eigenvalue weighted by Gasteiger charge is 2.20. The molecule has 10 heteroatoms. The Morgan fingerprint density at radius 1 is 1.21 bits per heavy atom. The van der Waals surface area contributed by atoms with Crippen LogP contribution in [0.2, 0.25) is 0 Å². The van der Waals surface area contributed by atoms with E-state index < -0.39 is 5.69 Å². The number of nitrogens with zero attached hydrogens (tertiary/aromatic N) is 6. The van der Waals surface area contributed by atoms with Crippen LogP contribution in [0.15, 0.2) is 35.4 Å². The summed E-state index contributed by atoms with van der Waals surface area (Å²) in [6.07, 6.45) is 3.74. The molecule has 29 heavy (non-hydrogen) atoms. The summed E-state index contributed by atoms with van der Waals surface area (Å²) in [7, 11) is 0. The highest BCUT2D eigenvalue weighted by Crippen LogP contribution is 2.31. The van der Waals surface area contributed by atoms with Crippen LogP contribution in [0.1, 0.15) is 18.4 Å². The Balaban J connectivity index is 1.45. The van der Waals surface area contributed by atoms with Crippen molar-refractivity contribution in [3.8, 4) is 0 Å². The lowest BCUT2D eigenvalue weighted by molar-refractivity contribution is -0.117. The Kier molecular flexibility index (Phi) is 4.27. The summed E-state index contributed by atoms with van der Waals surface area (Å²) < 4.78 is 3.28. The molecule has 1 saturated heterocycles. The summed E-state index contributed by atoms with van der Waals surface area (Å²) in [6, 6.07) is 7.47. The second kappa shape index (κ2) is 6.96. The highest BCUT2D eigenvalue weighted by atomic mass is 32.1. The summed E-state index contributed by atoms with van der Waals surface area (Å²) in [5, 5.41) is 8.08. The SMILES string of the molecule is Cc1ccc(NC(=O)Cn2nc3c4sc(N5CCCC5)nc4ncn3c2=O)cc1. The molecule has 4 aromatic rings. The smallest absolute Gasteiger partial charge is 0.348 e. The first-order valence-corrected chi connectivity index (χ1v) is 10.3. The summed E-state index contributed by atoms with van der Waals surface area (Å²) in [5.41, 5.74) is 2.44. The molecule has 1 N–H and O–H groups in total. The van der Waals surface area contributed by atoms with E-state index >= 15 is 0 Å². The molecule has 148 valence electrons. The van der Waals surface area contributed by atoms with Crippen LogP contribution in [0.4, 0.5) is 10.8 Å². The van der Waals surface area contributed by atoms with E-state index in [2.05, 4.69) is 25.3 Å². The number of nitrogens with one attached hydrogen (secondary N) is 1. The number of aromatic nitrogens is 5. The molecular formula is C19H19N7O2S. The predicted octanol–water partition coefficient (Wildman–Crippen LogP) is 2.05. The van der Waals surface area contributed by atoms with Gasteiger partial charge in [-0.25, -0.2) is 18.9 Å². The quantitative estimate of drug-likeness (QED) is 0.554. The first kappa shape index (κ1) is 17.8. The molecule has 4 heterocycles. The molecule has 0 saturated carbocycles. The van der Waals surface area contributed by atoms with Crippen molar-refractivity contribution in [1.29, 1.82) is 0 Å². The van der Waals surface area contributed by atoms with Crippen molar-refractivity contribution >= 4 is 44.1 Å². The van der Waals surface area contributed by atoms with Crippen molar-refractivity contribution in [3.63, 3.8) is 0 Å². The van der Waals surface area contributed by atoms with Gasteiger partial charge in [0.25, 0.3) is 0 Å². The lowest BCUT2D eigenvalue weighted by Gasteiger charge is -2.11. The zero-order chi connectivity index (χ0) is 20.0. The van der Waals surface area contributed by atoms with Crippen LogP contribution in [-0.4, -0.2) is 43.1 Å². The number of rotatable bonds is 4. The predicted molar refractivity (Wildman–Crippen MR) is 112 cm³/mol. The number of thiazole rings is 1. The van der Waals surface area contributed by atoms with Gasteiger partial charge >= 0.3 is 5.69 Å². The Morgan fingerprint density at radius 2 is 1.97 bits per heavy atom. The monoisotopic (exact) mass is 409 g/mol. The first-order valence-electron chi connectivity index (χ1n) is 9.45. The topological polar surface area (TPSA) is 97.4 Å². The minimum Gasteiger partial charge on any atom is -0.348 e. The fraction of sp³-hybridized carbons (Fsp3) is 0.316. The third-order valence-corrected chi connectivity index (χ3v) is 6.07. The maximum atomic E-state index is 12.7. The van der Waals surface area contributed by atoms with E-state index in [4.69, 9.17) is 0 Å². The fourth-order valence-corrected chi connectivity index (χ4v) is 4.49. The molecule has 0 atom stereocenters. The average molecular weight is 409 g/mol.